The topological polar surface area (TPSA) is 73.0 Å². The molecule has 1 aromatic rings. The molecule has 0 aliphatic carbocycles. The summed E-state index contributed by atoms with van der Waals surface area (Å²) in [6.45, 7) is 3.66. The van der Waals surface area contributed by atoms with E-state index in [1.54, 1.807) is 11.8 Å². The van der Waals surface area contributed by atoms with Crippen molar-refractivity contribution < 1.29 is 27.6 Å². The van der Waals surface area contributed by atoms with Gasteiger partial charge in [0.25, 0.3) is 5.91 Å². The Morgan fingerprint density at radius 3 is 2.50 bits per heavy atom. The summed E-state index contributed by atoms with van der Waals surface area (Å²) in [5, 5.41) is 2.58. The molecule has 1 fully saturated rings. The summed E-state index contributed by atoms with van der Waals surface area (Å²) in [6, 6.07) is 3.21. The van der Waals surface area contributed by atoms with Crippen LogP contribution in [0.5, 0.6) is 0 Å². The fourth-order valence-corrected chi connectivity index (χ4v) is 4.66. The number of likely N-dealkylation sites (N-methyl/N-ethyl adjacent to an activating group) is 1. The van der Waals surface area contributed by atoms with Gasteiger partial charge in [0.1, 0.15) is 0 Å². The maximum atomic E-state index is 13.6. The maximum absolute atomic E-state index is 13.6. The first kappa shape index (κ1) is 22.2. The second-order valence-electron chi connectivity index (χ2n) is 8.14. The lowest BCUT2D eigenvalue weighted by Gasteiger charge is -2.33. The van der Waals surface area contributed by atoms with E-state index < -0.39 is 29.7 Å². The van der Waals surface area contributed by atoms with Crippen LogP contribution in [-0.2, 0) is 15.8 Å². The molecule has 1 N–H and O–H groups in total. The summed E-state index contributed by atoms with van der Waals surface area (Å²) in [5.41, 5.74) is -0.522. The molecule has 0 saturated carbocycles. The monoisotopic (exact) mass is 450 g/mol. The van der Waals surface area contributed by atoms with Gasteiger partial charge in [-0.1, -0.05) is 18.2 Å². The molecular weight excluding hydrogens is 425 g/mol. The quantitative estimate of drug-likeness (QED) is 0.750. The number of benzene rings is 1. The number of hydrogen-bond acceptors (Lipinski definition) is 3. The van der Waals surface area contributed by atoms with Gasteiger partial charge >= 0.3 is 12.2 Å². The van der Waals surface area contributed by atoms with Gasteiger partial charge in [0.15, 0.2) is 0 Å². The standard InChI is InChI=1S/C22H25F3N4O3/c1-2-29-16-13-28(12-9-17(30)27-10-5-6-11-27)20(31)18(16)19(26-21(29)32)14-7-3-4-8-15(14)22(23,24)25/h3-4,7-8,19H,2,5-6,9-13H2,1H3,(H,26,32)/t19-/m1/s1. The predicted molar refractivity (Wildman–Crippen MR) is 109 cm³/mol. The van der Waals surface area contributed by atoms with Crippen molar-refractivity contribution in [1.29, 1.82) is 0 Å². The summed E-state index contributed by atoms with van der Waals surface area (Å²) in [7, 11) is 0. The Balaban J connectivity index is 1.62. The number of hydrogen-bond donors (Lipinski definition) is 1. The van der Waals surface area contributed by atoms with E-state index in [1.165, 1.54) is 28.0 Å². The van der Waals surface area contributed by atoms with Crippen LogP contribution in [0.25, 0.3) is 0 Å². The van der Waals surface area contributed by atoms with E-state index in [0.717, 1.165) is 18.9 Å². The average molecular weight is 450 g/mol. The molecule has 0 aromatic heterocycles. The lowest BCUT2D eigenvalue weighted by molar-refractivity contribution is -0.138. The minimum absolute atomic E-state index is 0.0410. The van der Waals surface area contributed by atoms with Gasteiger partial charge in [-0.3, -0.25) is 14.5 Å². The van der Waals surface area contributed by atoms with Crippen LogP contribution in [0.3, 0.4) is 0 Å². The third kappa shape index (κ3) is 3.93. The molecule has 4 amide bonds. The van der Waals surface area contributed by atoms with Gasteiger partial charge in [-0.25, -0.2) is 4.79 Å². The number of carbonyl (C=O) groups excluding carboxylic acids is 3. The lowest BCUT2D eigenvalue weighted by atomic mass is 9.91. The molecule has 10 heteroatoms. The molecule has 1 atom stereocenters. The van der Waals surface area contributed by atoms with E-state index in [4.69, 9.17) is 0 Å². The molecule has 1 aromatic carbocycles. The molecule has 7 nitrogen and oxygen atoms in total. The molecule has 1 saturated heterocycles. The Bertz CT molecular complexity index is 969. The summed E-state index contributed by atoms with van der Waals surface area (Å²) in [5.74, 6) is -0.490. The van der Waals surface area contributed by atoms with Crippen molar-refractivity contribution in [2.75, 3.05) is 32.7 Å². The number of urea groups is 1. The van der Waals surface area contributed by atoms with Crippen LogP contribution in [0.1, 0.15) is 43.4 Å². The third-order valence-electron chi connectivity index (χ3n) is 6.24. The van der Waals surface area contributed by atoms with Crippen molar-refractivity contribution in [3.8, 4) is 0 Å². The molecule has 0 spiro atoms. The largest absolute Gasteiger partial charge is 0.416 e. The van der Waals surface area contributed by atoms with Gasteiger partial charge in [-0.2, -0.15) is 13.2 Å². The molecule has 0 bridgehead atoms. The zero-order chi connectivity index (χ0) is 23.0. The van der Waals surface area contributed by atoms with Crippen molar-refractivity contribution >= 4 is 17.8 Å². The van der Waals surface area contributed by atoms with Crippen LogP contribution in [-0.4, -0.2) is 65.3 Å². The number of rotatable bonds is 5. The number of nitrogens with one attached hydrogen (secondary N) is 1. The van der Waals surface area contributed by atoms with Crippen LogP contribution in [0.4, 0.5) is 18.0 Å². The zero-order valence-electron chi connectivity index (χ0n) is 17.7. The highest BCUT2D eigenvalue weighted by atomic mass is 19.4. The number of halogens is 3. The van der Waals surface area contributed by atoms with E-state index in [1.807, 2.05) is 0 Å². The van der Waals surface area contributed by atoms with E-state index >= 15 is 0 Å². The minimum atomic E-state index is -4.63. The van der Waals surface area contributed by atoms with Crippen molar-refractivity contribution in [2.45, 2.75) is 38.4 Å². The number of nitrogens with zero attached hydrogens (tertiary/aromatic N) is 3. The molecular formula is C22H25F3N4O3. The van der Waals surface area contributed by atoms with Gasteiger partial charge < -0.3 is 15.1 Å². The van der Waals surface area contributed by atoms with Crippen LogP contribution in [0.2, 0.25) is 0 Å². The van der Waals surface area contributed by atoms with E-state index in [0.29, 0.717) is 18.8 Å². The molecule has 3 aliphatic heterocycles. The van der Waals surface area contributed by atoms with E-state index in [2.05, 4.69) is 5.32 Å². The first-order valence-corrected chi connectivity index (χ1v) is 10.8. The lowest BCUT2D eigenvalue weighted by Crippen LogP contribution is -2.47. The Hall–Kier alpha value is -3.04. The fraction of sp³-hybridized carbons (Fsp3) is 0.500. The number of amides is 4. The fourth-order valence-electron chi connectivity index (χ4n) is 4.66. The van der Waals surface area contributed by atoms with E-state index in [9.17, 15) is 27.6 Å². The Kier molecular flexibility index (Phi) is 5.87. The van der Waals surface area contributed by atoms with Gasteiger partial charge in [0.05, 0.1) is 29.4 Å². The van der Waals surface area contributed by atoms with Crippen molar-refractivity contribution in [3.05, 3.63) is 46.7 Å². The molecule has 0 radical (unpaired) electrons. The molecule has 3 aliphatic rings. The summed E-state index contributed by atoms with van der Waals surface area (Å²) in [4.78, 5) is 42.9. The van der Waals surface area contributed by atoms with Crippen LogP contribution < -0.4 is 5.32 Å². The van der Waals surface area contributed by atoms with Gasteiger partial charge in [-0.05, 0) is 31.4 Å². The Morgan fingerprint density at radius 2 is 1.84 bits per heavy atom. The smallest absolute Gasteiger partial charge is 0.343 e. The van der Waals surface area contributed by atoms with Crippen LogP contribution in [0, 0.1) is 0 Å². The Morgan fingerprint density at radius 1 is 1.16 bits per heavy atom. The highest BCUT2D eigenvalue weighted by molar-refractivity contribution is 6.01. The number of likely N-dealkylation sites (tertiary alicyclic amines) is 1. The Labute approximate surface area is 183 Å². The molecule has 3 heterocycles. The zero-order valence-corrected chi connectivity index (χ0v) is 17.7. The summed E-state index contributed by atoms with van der Waals surface area (Å²) < 4.78 is 40.9. The molecule has 32 heavy (non-hydrogen) atoms. The normalized spacial score (nSPS) is 21.4. The van der Waals surface area contributed by atoms with Crippen LogP contribution >= 0.6 is 0 Å². The van der Waals surface area contributed by atoms with Gasteiger partial charge in [0.2, 0.25) is 5.91 Å². The second kappa shape index (κ2) is 8.48. The summed E-state index contributed by atoms with van der Waals surface area (Å²) in [6.07, 6.45) is -2.56. The first-order valence-electron chi connectivity index (χ1n) is 10.8. The predicted octanol–water partition coefficient (Wildman–Crippen LogP) is 2.90. The molecule has 0 unspecified atom stereocenters. The van der Waals surface area contributed by atoms with E-state index in [-0.39, 0.29) is 43.1 Å². The number of carbonyl (C=O) groups is 3. The minimum Gasteiger partial charge on any atom is -0.343 e. The average Bonchev–Trinajstić information content (AvgIpc) is 3.40. The summed E-state index contributed by atoms with van der Waals surface area (Å²) >= 11 is 0. The molecule has 172 valence electrons. The van der Waals surface area contributed by atoms with Crippen LogP contribution in [0.15, 0.2) is 35.5 Å². The van der Waals surface area contributed by atoms with Gasteiger partial charge in [0, 0.05) is 32.6 Å². The van der Waals surface area contributed by atoms with Gasteiger partial charge in [-0.15, -0.1) is 0 Å². The first-order chi connectivity index (χ1) is 15.2. The van der Waals surface area contributed by atoms with Crippen molar-refractivity contribution in [1.82, 2.24) is 20.0 Å². The number of alkyl halides is 3. The van der Waals surface area contributed by atoms with Crippen molar-refractivity contribution in [3.63, 3.8) is 0 Å². The maximum Gasteiger partial charge on any atom is 0.416 e. The van der Waals surface area contributed by atoms with Crippen molar-refractivity contribution in [2.24, 2.45) is 0 Å². The SMILES string of the molecule is CCN1C(=O)N[C@H](c2ccccc2C(F)(F)F)C2=C1CN(CCC(=O)N1CCCC1)C2=O. The molecule has 4 rings (SSSR count). The highest BCUT2D eigenvalue weighted by Gasteiger charge is 2.46. The second-order valence-corrected chi connectivity index (χ2v) is 8.14. The third-order valence-corrected chi connectivity index (χ3v) is 6.24. The highest BCUT2D eigenvalue weighted by Crippen LogP contribution is 2.41.